The Labute approximate surface area is 119 Å². The van der Waals surface area contributed by atoms with Crippen LogP contribution < -0.4 is 11.1 Å². The standard InChI is InChI=1S/C13H15N3OS2/c14-10-11-9(2-1-4-15-11)19-12(10)13(17)16-6-8-3-5-18-7-8/h1-2,4,8H,3,5-7,14H2,(H,16,17). The number of hydrogen-bond donors (Lipinski definition) is 2. The van der Waals surface area contributed by atoms with E-state index < -0.39 is 0 Å². The molecule has 6 heteroatoms. The van der Waals surface area contributed by atoms with Gasteiger partial charge in [0.15, 0.2) is 0 Å². The van der Waals surface area contributed by atoms with E-state index in [1.165, 1.54) is 23.5 Å². The fourth-order valence-corrected chi connectivity index (χ4v) is 4.46. The molecule has 4 nitrogen and oxygen atoms in total. The quantitative estimate of drug-likeness (QED) is 0.911. The lowest BCUT2D eigenvalue weighted by Gasteiger charge is -2.09. The van der Waals surface area contributed by atoms with E-state index in [2.05, 4.69) is 10.3 Å². The van der Waals surface area contributed by atoms with Crippen molar-refractivity contribution >= 4 is 44.9 Å². The van der Waals surface area contributed by atoms with Crippen molar-refractivity contribution in [2.45, 2.75) is 6.42 Å². The first kappa shape index (κ1) is 12.7. The number of aromatic nitrogens is 1. The fraction of sp³-hybridized carbons (Fsp3) is 0.385. The van der Waals surface area contributed by atoms with Gasteiger partial charge in [-0.3, -0.25) is 9.78 Å². The molecule has 1 fully saturated rings. The van der Waals surface area contributed by atoms with Gasteiger partial charge in [0.25, 0.3) is 5.91 Å². The van der Waals surface area contributed by atoms with Gasteiger partial charge >= 0.3 is 0 Å². The second-order valence-electron chi connectivity index (χ2n) is 4.63. The Morgan fingerprint density at radius 1 is 1.58 bits per heavy atom. The first-order valence-electron chi connectivity index (χ1n) is 6.24. The van der Waals surface area contributed by atoms with Gasteiger partial charge < -0.3 is 11.1 Å². The third-order valence-electron chi connectivity index (χ3n) is 3.26. The van der Waals surface area contributed by atoms with Crippen molar-refractivity contribution in [1.82, 2.24) is 10.3 Å². The number of pyridine rings is 1. The molecule has 0 aliphatic carbocycles. The van der Waals surface area contributed by atoms with Crippen molar-refractivity contribution in [3.8, 4) is 0 Å². The number of thioether (sulfide) groups is 1. The molecular weight excluding hydrogens is 278 g/mol. The Bertz CT molecular complexity index is 605. The monoisotopic (exact) mass is 293 g/mol. The largest absolute Gasteiger partial charge is 0.396 e. The maximum atomic E-state index is 12.2. The Balaban J connectivity index is 1.75. The number of thiophene rings is 1. The summed E-state index contributed by atoms with van der Waals surface area (Å²) in [5, 5.41) is 2.99. The summed E-state index contributed by atoms with van der Waals surface area (Å²) in [5.74, 6) is 2.87. The number of nitrogens with two attached hydrogens (primary N) is 1. The number of carbonyl (C=O) groups is 1. The molecule has 1 aliphatic heterocycles. The summed E-state index contributed by atoms with van der Waals surface area (Å²) in [5.41, 5.74) is 7.24. The average Bonchev–Trinajstić information content (AvgIpc) is 3.05. The van der Waals surface area contributed by atoms with Crippen molar-refractivity contribution < 1.29 is 4.79 Å². The Hall–Kier alpha value is -1.27. The van der Waals surface area contributed by atoms with Gasteiger partial charge in [0.05, 0.1) is 10.4 Å². The molecule has 3 N–H and O–H groups in total. The topological polar surface area (TPSA) is 68.0 Å². The van der Waals surface area contributed by atoms with Crippen LogP contribution in [0.4, 0.5) is 5.69 Å². The van der Waals surface area contributed by atoms with Gasteiger partial charge in [-0.15, -0.1) is 11.3 Å². The lowest BCUT2D eigenvalue weighted by atomic mass is 10.1. The number of nitrogens with one attached hydrogen (secondary N) is 1. The highest BCUT2D eigenvalue weighted by atomic mass is 32.2. The molecule has 2 aromatic rings. The lowest BCUT2D eigenvalue weighted by molar-refractivity contribution is 0.0953. The highest BCUT2D eigenvalue weighted by Gasteiger charge is 2.20. The Morgan fingerprint density at radius 3 is 3.21 bits per heavy atom. The zero-order valence-corrected chi connectivity index (χ0v) is 12.0. The predicted octanol–water partition coefficient (Wildman–Crippen LogP) is 2.36. The van der Waals surface area contributed by atoms with Crippen molar-refractivity contribution in [1.29, 1.82) is 0 Å². The Morgan fingerprint density at radius 2 is 2.47 bits per heavy atom. The summed E-state index contributed by atoms with van der Waals surface area (Å²) in [4.78, 5) is 17.0. The van der Waals surface area contributed by atoms with E-state index in [4.69, 9.17) is 5.73 Å². The van der Waals surface area contributed by atoms with Crippen LogP contribution in [0.25, 0.3) is 10.2 Å². The predicted molar refractivity (Wildman–Crippen MR) is 81.8 cm³/mol. The summed E-state index contributed by atoms with van der Waals surface area (Å²) in [6.45, 7) is 0.743. The van der Waals surface area contributed by atoms with E-state index in [-0.39, 0.29) is 5.91 Å². The summed E-state index contributed by atoms with van der Waals surface area (Å²) in [7, 11) is 0. The zero-order valence-electron chi connectivity index (χ0n) is 10.4. The molecule has 3 rings (SSSR count). The molecule has 1 unspecified atom stereocenters. The molecule has 0 radical (unpaired) electrons. The normalized spacial score (nSPS) is 18.8. The number of amides is 1. The van der Waals surface area contributed by atoms with E-state index in [1.807, 2.05) is 23.9 Å². The van der Waals surface area contributed by atoms with Crippen molar-refractivity contribution in [3.63, 3.8) is 0 Å². The molecule has 0 aromatic carbocycles. The van der Waals surface area contributed by atoms with Gasteiger partial charge in [-0.2, -0.15) is 11.8 Å². The molecule has 0 spiro atoms. The number of nitrogen functional groups attached to an aromatic ring is 1. The number of anilines is 1. The van der Waals surface area contributed by atoms with Crippen LogP contribution in [0.15, 0.2) is 18.3 Å². The molecular formula is C13H15N3OS2. The van der Waals surface area contributed by atoms with E-state index in [0.717, 1.165) is 22.5 Å². The number of hydrogen-bond acceptors (Lipinski definition) is 5. The highest BCUT2D eigenvalue weighted by molar-refractivity contribution is 7.99. The number of carbonyl (C=O) groups excluding carboxylic acids is 1. The van der Waals surface area contributed by atoms with Crippen LogP contribution in [0.1, 0.15) is 16.1 Å². The minimum atomic E-state index is -0.0719. The summed E-state index contributed by atoms with van der Waals surface area (Å²) >= 11 is 3.36. The molecule has 0 saturated carbocycles. The van der Waals surface area contributed by atoms with Crippen LogP contribution >= 0.6 is 23.1 Å². The van der Waals surface area contributed by atoms with E-state index in [0.29, 0.717) is 16.5 Å². The Kier molecular flexibility index (Phi) is 3.61. The highest BCUT2D eigenvalue weighted by Crippen LogP contribution is 2.31. The third-order valence-corrected chi connectivity index (χ3v) is 5.65. The van der Waals surface area contributed by atoms with Crippen molar-refractivity contribution in [2.75, 3.05) is 23.8 Å². The van der Waals surface area contributed by atoms with E-state index in [1.54, 1.807) is 6.20 Å². The van der Waals surface area contributed by atoms with Crippen molar-refractivity contribution in [2.24, 2.45) is 5.92 Å². The first-order chi connectivity index (χ1) is 9.25. The molecule has 1 atom stereocenters. The molecule has 1 amide bonds. The van der Waals surface area contributed by atoms with Crippen LogP contribution in [0.2, 0.25) is 0 Å². The molecule has 2 aromatic heterocycles. The van der Waals surface area contributed by atoms with Gasteiger partial charge in [0, 0.05) is 12.7 Å². The maximum Gasteiger partial charge on any atom is 0.263 e. The van der Waals surface area contributed by atoms with Crippen LogP contribution in [0.5, 0.6) is 0 Å². The molecule has 1 saturated heterocycles. The van der Waals surface area contributed by atoms with Crippen LogP contribution in [0.3, 0.4) is 0 Å². The number of fused-ring (bicyclic) bond motifs is 1. The summed E-state index contributed by atoms with van der Waals surface area (Å²) in [6.07, 6.45) is 2.89. The minimum absolute atomic E-state index is 0.0719. The van der Waals surface area contributed by atoms with Gasteiger partial charge in [0.2, 0.25) is 0 Å². The maximum absolute atomic E-state index is 12.2. The van der Waals surface area contributed by atoms with Gasteiger partial charge in [-0.25, -0.2) is 0 Å². The first-order valence-corrected chi connectivity index (χ1v) is 8.22. The second kappa shape index (κ2) is 5.38. The summed E-state index contributed by atoms with van der Waals surface area (Å²) in [6, 6.07) is 3.80. The van der Waals surface area contributed by atoms with E-state index >= 15 is 0 Å². The number of nitrogens with zero attached hydrogens (tertiary/aromatic N) is 1. The smallest absolute Gasteiger partial charge is 0.263 e. The molecule has 3 heterocycles. The molecule has 100 valence electrons. The SMILES string of the molecule is Nc1c(C(=O)NCC2CCSC2)sc2cccnc12. The zero-order chi connectivity index (χ0) is 13.2. The summed E-state index contributed by atoms with van der Waals surface area (Å²) < 4.78 is 0.960. The second-order valence-corrected chi connectivity index (χ2v) is 6.84. The lowest BCUT2D eigenvalue weighted by Crippen LogP contribution is -2.29. The van der Waals surface area contributed by atoms with Gasteiger partial charge in [0.1, 0.15) is 10.4 Å². The van der Waals surface area contributed by atoms with Gasteiger partial charge in [-0.05, 0) is 36.0 Å². The molecule has 1 aliphatic rings. The van der Waals surface area contributed by atoms with Crippen LogP contribution in [0, 0.1) is 5.92 Å². The fourth-order valence-electron chi connectivity index (χ4n) is 2.18. The molecule has 0 bridgehead atoms. The van der Waals surface area contributed by atoms with E-state index in [9.17, 15) is 4.79 Å². The average molecular weight is 293 g/mol. The van der Waals surface area contributed by atoms with Crippen LogP contribution in [-0.4, -0.2) is 28.9 Å². The van der Waals surface area contributed by atoms with Crippen LogP contribution in [-0.2, 0) is 0 Å². The van der Waals surface area contributed by atoms with Gasteiger partial charge in [-0.1, -0.05) is 0 Å². The minimum Gasteiger partial charge on any atom is -0.396 e. The number of rotatable bonds is 3. The molecule has 19 heavy (non-hydrogen) atoms. The van der Waals surface area contributed by atoms with Crippen molar-refractivity contribution in [3.05, 3.63) is 23.2 Å². The third kappa shape index (κ3) is 2.55.